The van der Waals surface area contributed by atoms with Crippen molar-refractivity contribution in [3.8, 4) is 0 Å². The van der Waals surface area contributed by atoms with Crippen LogP contribution in [0.25, 0.3) is 10.2 Å². The Morgan fingerprint density at radius 1 is 1.23 bits per heavy atom. The van der Waals surface area contributed by atoms with Gasteiger partial charge in [0.05, 0.1) is 27.5 Å². The lowest BCUT2D eigenvalue weighted by Gasteiger charge is -2.32. The second-order valence-electron chi connectivity index (χ2n) is 7.89. The van der Waals surface area contributed by atoms with Gasteiger partial charge in [-0.2, -0.15) is 0 Å². The first kappa shape index (κ1) is 17.1. The molecule has 0 aliphatic carbocycles. The molecule has 1 amide bonds. The van der Waals surface area contributed by atoms with Gasteiger partial charge in [0.2, 0.25) is 0 Å². The number of aromatic nitrogens is 4. The Kier molecular flexibility index (Phi) is 4.26. The highest BCUT2D eigenvalue weighted by Gasteiger charge is 2.27. The first-order valence-corrected chi connectivity index (χ1v) is 9.84. The summed E-state index contributed by atoms with van der Waals surface area (Å²) in [6, 6.07) is 6.09. The lowest BCUT2D eigenvalue weighted by molar-refractivity contribution is 0.0689. The van der Waals surface area contributed by atoms with Gasteiger partial charge in [-0.3, -0.25) is 4.79 Å². The Hall–Kier alpha value is -2.28. The van der Waals surface area contributed by atoms with Gasteiger partial charge in [0.25, 0.3) is 5.91 Å². The van der Waals surface area contributed by atoms with Crippen molar-refractivity contribution in [2.24, 2.45) is 0 Å². The quantitative estimate of drug-likeness (QED) is 0.691. The summed E-state index contributed by atoms with van der Waals surface area (Å²) < 4.78 is 3.09. The van der Waals surface area contributed by atoms with Crippen LogP contribution in [0.3, 0.4) is 0 Å². The molecular formula is C19H23N5OS. The Morgan fingerprint density at radius 3 is 2.69 bits per heavy atom. The van der Waals surface area contributed by atoms with Gasteiger partial charge >= 0.3 is 0 Å². The van der Waals surface area contributed by atoms with E-state index < -0.39 is 0 Å². The van der Waals surface area contributed by atoms with Crippen molar-refractivity contribution in [2.45, 2.75) is 45.1 Å². The molecule has 0 spiro atoms. The van der Waals surface area contributed by atoms with E-state index in [0.29, 0.717) is 6.04 Å². The molecule has 1 aliphatic rings. The monoisotopic (exact) mass is 369 g/mol. The Labute approximate surface area is 156 Å². The summed E-state index contributed by atoms with van der Waals surface area (Å²) in [6.45, 7) is 7.90. The molecule has 3 heterocycles. The number of hydrogen-bond acceptors (Lipinski definition) is 5. The second kappa shape index (κ2) is 6.46. The number of carbonyl (C=O) groups excluding carboxylic acids is 1. The van der Waals surface area contributed by atoms with E-state index in [-0.39, 0.29) is 11.3 Å². The zero-order valence-corrected chi connectivity index (χ0v) is 16.2. The highest BCUT2D eigenvalue weighted by atomic mass is 32.1. The Morgan fingerprint density at radius 2 is 2.00 bits per heavy atom. The fourth-order valence-corrected chi connectivity index (χ4v) is 3.96. The number of fused-ring (bicyclic) bond motifs is 1. The van der Waals surface area contributed by atoms with E-state index in [9.17, 15) is 4.79 Å². The number of likely N-dealkylation sites (tertiary alicyclic amines) is 1. The van der Waals surface area contributed by atoms with Crippen LogP contribution in [0.2, 0.25) is 0 Å². The minimum Gasteiger partial charge on any atom is -0.338 e. The number of nitrogens with zero attached hydrogens (tertiary/aromatic N) is 5. The minimum atomic E-state index is 0.00323. The average molecular weight is 369 g/mol. The van der Waals surface area contributed by atoms with Gasteiger partial charge < -0.3 is 4.90 Å². The second-order valence-corrected chi connectivity index (χ2v) is 8.78. The van der Waals surface area contributed by atoms with Crippen molar-refractivity contribution in [1.82, 2.24) is 24.9 Å². The van der Waals surface area contributed by atoms with Gasteiger partial charge in [0.1, 0.15) is 0 Å². The summed E-state index contributed by atoms with van der Waals surface area (Å²) in [5.74, 6) is 0.0901. The maximum atomic E-state index is 12.8. The van der Waals surface area contributed by atoms with E-state index in [1.165, 1.54) is 0 Å². The van der Waals surface area contributed by atoms with Crippen LogP contribution in [0.5, 0.6) is 0 Å². The molecule has 0 radical (unpaired) electrons. The number of rotatable bonds is 2. The number of hydrogen-bond donors (Lipinski definition) is 0. The third-order valence-corrected chi connectivity index (χ3v) is 5.79. The highest BCUT2D eigenvalue weighted by Crippen LogP contribution is 2.26. The van der Waals surface area contributed by atoms with Crippen LogP contribution in [0, 0.1) is 0 Å². The summed E-state index contributed by atoms with van der Waals surface area (Å²) in [4.78, 5) is 19.1. The fourth-order valence-electron chi connectivity index (χ4n) is 3.31. The molecule has 1 aromatic carbocycles. The molecule has 1 saturated heterocycles. The van der Waals surface area contributed by atoms with Gasteiger partial charge in [0, 0.05) is 30.3 Å². The minimum absolute atomic E-state index is 0.00323. The van der Waals surface area contributed by atoms with Crippen LogP contribution in [0.15, 0.2) is 29.9 Å². The molecule has 0 unspecified atom stereocenters. The van der Waals surface area contributed by atoms with Crippen LogP contribution in [0.4, 0.5) is 0 Å². The molecule has 1 fully saturated rings. The topological polar surface area (TPSA) is 63.9 Å². The molecule has 136 valence electrons. The number of amides is 1. The van der Waals surface area contributed by atoms with Crippen molar-refractivity contribution >= 4 is 27.5 Å². The molecule has 0 atom stereocenters. The van der Waals surface area contributed by atoms with Crippen LogP contribution in [-0.4, -0.2) is 43.9 Å². The molecule has 7 heteroatoms. The van der Waals surface area contributed by atoms with E-state index in [0.717, 1.165) is 47.4 Å². The first-order chi connectivity index (χ1) is 12.4. The van der Waals surface area contributed by atoms with Crippen molar-refractivity contribution in [3.63, 3.8) is 0 Å². The Bertz CT molecular complexity index is 931. The molecule has 1 aliphatic heterocycles. The van der Waals surface area contributed by atoms with E-state index in [1.54, 1.807) is 11.3 Å². The van der Waals surface area contributed by atoms with Crippen molar-refractivity contribution in [1.29, 1.82) is 0 Å². The summed E-state index contributed by atoms with van der Waals surface area (Å²) in [5.41, 5.74) is 4.44. The zero-order chi connectivity index (χ0) is 18.3. The van der Waals surface area contributed by atoms with Crippen molar-refractivity contribution in [2.75, 3.05) is 13.1 Å². The van der Waals surface area contributed by atoms with Crippen molar-refractivity contribution in [3.05, 3.63) is 41.2 Å². The predicted molar refractivity (Wildman–Crippen MR) is 103 cm³/mol. The van der Waals surface area contributed by atoms with Gasteiger partial charge in [-0.05, 0) is 31.0 Å². The molecule has 6 nitrogen and oxygen atoms in total. The third kappa shape index (κ3) is 3.23. The molecule has 2 aromatic heterocycles. The third-order valence-electron chi connectivity index (χ3n) is 4.98. The molecule has 3 aromatic rings. The summed E-state index contributed by atoms with van der Waals surface area (Å²) >= 11 is 1.59. The predicted octanol–water partition coefficient (Wildman–Crippen LogP) is 3.66. The normalized spacial score (nSPS) is 16.3. The molecule has 0 N–H and O–H groups in total. The fraction of sp³-hybridized carbons (Fsp3) is 0.474. The molecule has 0 bridgehead atoms. The van der Waals surface area contributed by atoms with Gasteiger partial charge in [-0.25, -0.2) is 9.67 Å². The summed E-state index contributed by atoms with van der Waals surface area (Å²) in [6.07, 6.45) is 3.85. The Balaban J connectivity index is 1.42. The van der Waals surface area contributed by atoms with E-state index in [2.05, 4.69) is 42.3 Å². The maximum Gasteiger partial charge on any atom is 0.253 e. The van der Waals surface area contributed by atoms with Gasteiger partial charge in [0.15, 0.2) is 0 Å². The van der Waals surface area contributed by atoms with E-state index in [4.69, 9.17) is 0 Å². The van der Waals surface area contributed by atoms with E-state index in [1.807, 2.05) is 33.3 Å². The standard InChI is InChI=1S/C19H23N5OS/c1-19(2,3)17-11-24(22-21-17)14-6-8-23(9-7-14)18(25)13-4-5-16-15(10-13)20-12-26-16/h4-5,10-12,14H,6-9H2,1-3H3. The van der Waals surface area contributed by atoms with Gasteiger partial charge in [-0.15, -0.1) is 16.4 Å². The number of thiazole rings is 1. The van der Waals surface area contributed by atoms with Crippen LogP contribution < -0.4 is 0 Å². The summed E-state index contributed by atoms with van der Waals surface area (Å²) in [7, 11) is 0. The molecule has 4 rings (SSSR count). The SMILES string of the molecule is CC(C)(C)c1cn(C2CCN(C(=O)c3ccc4scnc4c3)CC2)nn1. The van der Waals surface area contributed by atoms with Crippen LogP contribution >= 0.6 is 11.3 Å². The maximum absolute atomic E-state index is 12.8. The lowest BCUT2D eigenvalue weighted by atomic mass is 9.93. The van der Waals surface area contributed by atoms with Crippen LogP contribution in [0.1, 0.15) is 55.7 Å². The summed E-state index contributed by atoms with van der Waals surface area (Å²) in [5, 5.41) is 8.63. The average Bonchev–Trinajstić information content (AvgIpc) is 3.29. The number of benzene rings is 1. The highest BCUT2D eigenvalue weighted by molar-refractivity contribution is 7.16. The first-order valence-electron chi connectivity index (χ1n) is 8.97. The molecule has 0 saturated carbocycles. The zero-order valence-electron chi connectivity index (χ0n) is 15.3. The van der Waals surface area contributed by atoms with Crippen molar-refractivity contribution < 1.29 is 4.79 Å². The van der Waals surface area contributed by atoms with Crippen LogP contribution in [-0.2, 0) is 5.41 Å². The smallest absolute Gasteiger partial charge is 0.253 e. The molecular weight excluding hydrogens is 346 g/mol. The van der Waals surface area contributed by atoms with E-state index >= 15 is 0 Å². The largest absolute Gasteiger partial charge is 0.338 e. The van der Waals surface area contributed by atoms with Gasteiger partial charge in [-0.1, -0.05) is 26.0 Å². The lowest BCUT2D eigenvalue weighted by Crippen LogP contribution is -2.39. The molecule has 26 heavy (non-hydrogen) atoms. The number of carbonyl (C=O) groups is 1. The number of piperidine rings is 1.